The van der Waals surface area contributed by atoms with Gasteiger partial charge in [-0.1, -0.05) is 30.3 Å². The van der Waals surface area contributed by atoms with Gasteiger partial charge in [0.05, 0.1) is 6.20 Å². The van der Waals surface area contributed by atoms with Crippen LogP contribution >= 0.6 is 0 Å². The first-order valence-corrected chi connectivity index (χ1v) is 7.17. The normalized spacial score (nSPS) is 19.5. The van der Waals surface area contributed by atoms with Crippen molar-refractivity contribution in [1.29, 1.82) is 0 Å². The van der Waals surface area contributed by atoms with Crippen molar-refractivity contribution in [2.24, 2.45) is 5.92 Å². The molecule has 2 heterocycles. The fourth-order valence-electron chi connectivity index (χ4n) is 2.87. The van der Waals surface area contributed by atoms with E-state index in [9.17, 15) is 0 Å². The van der Waals surface area contributed by atoms with E-state index in [4.69, 9.17) is 0 Å². The summed E-state index contributed by atoms with van der Waals surface area (Å²) in [6.07, 6.45) is 6.71. The van der Waals surface area contributed by atoms with E-state index in [1.54, 1.807) is 0 Å². The summed E-state index contributed by atoms with van der Waals surface area (Å²) in [7, 11) is 0. The summed E-state index contributed by atoms with van der Waals surface area (Å²) in [4.78, 5) is 0. The highest BCUT2D eigenvalue weighted by Gasteiger charge is 2.16. The topological polar surface area (TPSA) is 40.7 Å². The molecule has 1 aromatic carbocycles. The average molecular weight is 255 g/mol. The Balaban J connectivity index is 1.68. The largest absolute Gasteiger partial charge is 0.316 e. The van der Waals surface area contributed by atoms with Crippen molar-refractivity contribution in [3.63, 3.8) is 0 Å². The number of aromatic nitrogens is 2. The lowest BCUT2D eigenvalue weighted by atomic mass is 9.92. The van der Waals surface area contributed by atoms with Crippen molar-refractivity contribution >= 4 is 0 Å². The average Bonchev–Trinajstić information content (AvgIpc) is 2.88. The van der Waals surface area contributed by atoms with Gasteiger partial charge >= 0.3 is 0 Å². The van der Waals surface area contributed by atoms with E-state index in [1.165, 1.54) is 36.2 Å². The molecule has 1 atom stereocenters. The minimum absolute atomic E-state index is 0.753. The molecule has 3 nitrogen and oxygen atoms in total. The van der Waals surface area contributed by atoms with Crippen LogP contribution in [-0.2, 0) is 12.8 Å². The Morgan fingerprint density at radius 1 is 1.21 bits per heavy atom. The third kappa shape index (κ3) is 3.24. The summed E-state index contributed by atoms with van der Waals surface area (Å²) >= 11 is 0. The predicted molar refractivity (Wildman–Crippen MR) is 77.1 cm³/mol. The van der Waals surface area contributed by atoms with Crippen molar-refractivity contribution in [2.45, 2.75) is 25.7 Å². The Bertz CT molecular complexity index is 498. The molecular weight excluding hydrogens is 234 g/mol. The first-order valence-electron chi connectivity index (χ1n) is 7.17. The second-order valence-electron chi connectivity index (χ2n) is 5.45. The van der Waals surface area contributed by atoms with Gasteiger partial charge in [0, 0.05) is 12.1 Å². The smallest absolute Gasteiger partial charge is 0.0525 e. The minimum atomic E-state index is 0.753. The molecule has 1 aliphatic heterocycles. The summed E-state index contributed by atoms with van der Waals surface area (Å²) in [5.74, 6) is 0.753. The van der Waals surface area contributed by atoms with Crippen LogP contribution in [0.5, 0.6) is 0 Å². The highest BCUT2D eigenvalue weighted by atomic mass is 15.1. The minimum Gasteiger partial charge on any atom is -0.316 e. The van der Waals surface area contributed by atoms with E-state index in [0.717, 1.165) is 25.3 Å². The van der Waals surface area contributed by atoms with Crippen LogP contribution in [-0.4, -0.2) is 23.3 Å². The van der Waals surface area contributed by atoms with Crippen LogP contribution in [0.2, 0.25) is 0 Å². The summed E-state index contributed by atoms with van der Waals surface area (Å²) in [6, 6.07) is 10.6. The summed E-state index contributed by atoms with van der Waals surface area (Å²) < 4.78 is 0. The maximum Gasteiger partial charge on any atom is 0.0525 e. The van der Waals surface area contributed by atoms with Gasteiger partial charge in [-0.3, -0.25) is 5.10 Å². The molecule has 2 aromatic rings. The van der Waals surface area contributed by atoms with Crippen molar-refractivity contribution in [3.05, 3.63) is 53.3 Å². The van der Waals surface area contributed by atoms with Gasteiger partial charge in [-0.25, -0.2) is 0 Å². The molecule has 0 amide bonds. The van der Waals surface area contributed by atoms with Gasteiger partial charge in [0.1, 0.15) is 0 Å². The number of piperidine rings is 1. The molecule has 0 spiro atoms. The first kappa shape index (κ1) is 12.4. The van der Waals surface area contributed by atoms with Gasteiger partial charge in [-0.2, -0.15) is 5.10 Å². The fraction of sp³-hybridized carbons (Fsp3) is 0.438. The summed E-state index contributed by atoms with van der Waals surface area (Å²) in [5.41, 5.74) is 4.02. The summed E-state index contributed by atoms with van der Waals surface area (Å²) in [5, 5.41) is 10.9. The van der Waals surface area contributed by atoms with Gasteiger partial charge in [0.25, 0.3) is 0 Å². The lowest BCUT2D eigenvalue weighted by Gasteiger charge is -2.22. The highest BCUT2D eigenvalue weighted by Crippen LogP contribution is 2.19. The molecule has 3 heteroatoms. The Labute approximate surface area is 114 Å². The van der Waals surface area contributed by atoms with Crippen molar-refractivity contribution in [2.75, 3.05) is 13.1 Å². The Kier molecular flexibility index (Phi) is 3.94. The van der Waals surface area contributed by atoms with Crippen molar-refractivity contribution in [1.82, 2.24) is 15.5 Å². The van der Waals surface area contributed by atoms with Gasteiger partial charge < -0.3 is 5.32 Å². The van der Waals surface area contributed by atoms with Crippen LogP contribution in [0.3, 0.4) is 0 Å². The number of rotatable bonds is 4. The van der Waals surface area contributed by atoms with Crippen LogP contribution in [0.4, 0.5) is 0 Å². The van der Waals surface area contributed by atoms with E-state index < -0.39 is 0 Å². The zero-order chi connectivity index (χ0) is 12.9. The van der Waals surface area contributed by atoms with E-state index >= 15 is 0 Å². The molecule has 1 unspecified atom stereocenters. The number of nitrogens with zero attached hydrogens (tertiary/aromatic N) is 1. The molecule has 19 heavy (non-hydrogen) atoms. The van der Waals surface area contributed by atoms with Crippen LogP contribution in [0.1, 0.15) is 29.7 Å². The van der Waals surface area contributed by atoms with Crippen molar-refractivity contribution < 1.29 is 0 Å². The van der Waals surface area contributed by atoms with Gasteiger partial charge in [0.15, 0.2) is 0 Å². The molecular formula is C16H21N3. The molecule has 2 N–H and O–H groups in total. The summed E-state index contributed by atoms with van der Waals surface area (Å²) in [6.45, 7) is 2.32. The second-order valence-corrected chi connectivity index (χ2v) is 5.45. The number of hydrogen-bond donors (Lipinski definition) is 2. The number of hydrogen-bond acceptors (Lipinski definition) is 2. The SMILES string of the molecule is c1ccc(Cc2cn[nH]c2CC2CCCNC2)cc1. The van der Waals surface area contributed by atoms with Crippen molar-refractivity contribution in [3.8, 4) is 0 Å². The van der Waals surface area contributed by atoms with Gasteiger partial charge in [0.2, 0.25) is 0 Å². The number of benzene rings is 1. The van der Waals surface area contributed by atoms with E-state index in [2.05, 4.69) is 45.8 Å². The van der Waals surface area contributed by atoms with E-state index in [1.807, 2.05) is 6.20 Å². The Morgan fingerprint density at radius 2 is 2.11 bits per heavy atom. The number of H-pyrrole nitrogens is 1. The van der Waals surface area contributed by atoms with Crippen LogP contribution in [0.15, 0.2) is 36.5 Å². The first-order chi connectivity index (χ1) is 9.42. The lowest BCUT2D eigenvalue weighted by Crippen LogP contribution is -2.31. The highest BCUT2D eigenvalue weighted by molar-refractivity contribution is 5.27. The molecule has 0 radical (unpaired) electrons. The quantitative estimate of drug-likeness (QED) is 0.881. The van der Waals surface area contributed by atoms with Gasteiger partial charge in [-0.15, -0.1) is 0 Å². The number of aromatic amines is 1. The molecule has 1 aliphatic rings. The Hall–Kier alpha value is -1.61. The molecule has 1 saturated heterocycles. The maximum absolute atomic E-state index is 4.24. The molecule has 0 bridgehead atoms. The lowest BCUT2D eigenvalue weighted by molar-refractivity contribution is 0.373. The monoisotopic (exact) mass is 255 g/mol. The third-order valence-electron chi connectivity index (χ3n) is 3.94. The van der Waals surface area contributed by atoms with Crippen LogP contribution < -0.4 is 5.32 Å². The molecule has 0 aliphatic carbocycles. The molecule has 1 aromatic heterocycles. The standard InChI is InChI=1S/C16H21N3/c1-2-5-13(6-3-1)9-15-12-18-19-16(15)10-14-7-4-8-17-11-14/h1-3,5-6,12,14,17H,4,7-11H2,(H,18,19). The Morgan fingerprint density at radius 3 is 2.89 bits per heavy atom. The maximum atomic E-state index is 4.24. The molecule has 3 rings (SSSR count). The molecule has 100 valence electrons. The van der Waals surface area contributed by atoms with Crippen LogP contribution in [0, 0.1) is 5.92 Å². The van der Waals surface area contributed by atoms with Crippen LogP contribution in [0.25, 0.3) is 0 Å². The fourth-order valence-corrected chi connectivity index (χ4v) is 2.87. The van der Waals surface area contributed by atoms with Gasteiger partial charge in [-0.05, 0) is 49.4 Å². The van der Waals surface area contributed by atoms with E-state index in [0.29, 0.717) is 0 Å². The predicted octanol–water partition coefficient (Wildman–Crippen LogP) is 2.54. The zero-order valence-corrected chi connectivity index (χ0v) is 11.2. The second kappa shape index (κ2) is 6.02. The third-order valence-corrected chi connectivity index (χ3v) is 3.94. The molecule has 1 fully saturated rings. The van der Waals surface area contributed by atoms with E-state index in [-0.39, 0.29) is 0 Å². The molecule has 0 saturated carbocycles. The zero-order valence-electron chi connectivity index (χ0n) is 11.2. The number of nitrogens with one attached hydrogen (secondary N) is 2.